The third kappa shape index (κ3) is 2.60. The molecule has 0 amide bonds. The van der Waals surface area contributed by atoms with Gasteiger partial charge >= 0.3 is 0 Å². The van der Waals surface area contributed by atoms with E-state index in [1.165, 1.54) is 5.69 Å². The van der Waals surface area contributed by atoms with Crippen LogP contribution < -0.4 is 10.6 Å². The lowest BCUT2D eigenvalue weighted by Gasteiger charge is -2.34. The van der Waals surface area contributed by atoms with Gasteiger partial charge in [0.1, 0.15) is 0 Å². The molecule has 4 heteroatoms. The zero-order valence-electron chi connectivity index (χ0n) is 11.8. The van der Waals surface area contributed by atoms with Crippen LogP contribution in [0.25, 0.3) is 11.1 Å². The van der Waals surface area contributed by atoms with Gasteiger partial charge in [-0.1, -0.05) is 6.07 Å². The zero-order chi connectivity index (χ0) is 13.9. The highest BCUT2D eigenvalue weighted by Crippen LogP contribution is 2.30. The topological polar surface area (TPSA) is 45.4 Å². The molecular formula is C16H20N4. The first kappa shape index (κ1) is 12.9. The number of nitrogens with two attached hydrogens (primary N) is 1. The third-order valence-electron chi connectivity index (χ3n) is 3.88. The molecule has 0 atom stereocenters. The fraction of sp³-hybridized carbons (Fsp3) is 0.312. The van der Waals surface area contributed by atoms with Crippen LogP contribution in [0.4, 0.5) is 11.4 Å². The van der Waals surface area contributed by atoms with E-state index < -0.39 is 0 Å². The quantitative estimate of drug-likeness (QED) is 0.847. The molecule has 2 aromatic rings. The summed E-state index contributed by atoms with van der Waals surface area (Å²) in [6.45, 7) is 4.33. The van der Waals surface area contributed by atoms with Crippen molar-refractivity contribution in [2.45, 2.75) is 0 Å². The van der Waals surface area contributed by atoms with E-state index in [0.29, 0.717) is 0 Å². The van der Waals surface area contributed by atoms with Crippen molar-refractivity contribution in [2.75, 3.05) is 43.9 Å². The molecule has 0 saturated carbocycles. The first-order valence-electron chi connectivity index (χ1n) is 6.97. The van der Waals surface area contributed by atoms with E-state index in [-0.39, 0.29) is 0 Å². The molecule has 2 N–H and O–H groups in total. The third-order valence-corrected chi connectivity index (χ3v) is 3.88. The largest absolute Gasteiger partial charge is 0.398 e. The zero-order valence-corrected chi connectivity index (χ0v) is 11.8. The second-order valence-corrected chi connectivity index (χ2v) is 5.30. The number of aromatic nitrogens is 1. The summed E-state index contributed by atoms with van der Waals surface area (Å²) in [6.07, 6.45) is 3.64. The van der Waals surface area contributed by atoms with Crippen LogP contribution in [-0.2, 0) is 0 Å². The number of nitrogens with zero attached hydrogens (tertiary/aromatic N) is 3. The van der Waals surface area contributed by atoms with Gasteiger partial charge in [-0.3, -0.25) is 4.98 Å². The van der Waals surface area contributed by atoms with E-state index in [1.54, 1.807) is 6.20 Å². The Morgan fingerprint density at radius 1 is 1.10 bits per heavy atom. The number of likely N-dealkylation sites (N-methyl/N-ethyl adjacent to an activating group) is 1. The average molecular weight is 268 g/mol. The Labute approximate surface area is 119 Å². The van der Waals surface area contributed by atoms with Crippen LogP contribution in [0.1, 0.15) is 0 Å². The average Bonchev–Trinajstić information content (AvgIpc) is 2.50. The van der Waals surface area contributed by atoms with E-state index >= 15 is 0 Å². The molecule has 0 aliphatic carbocycles. The number of hydrogen-bond donors (Lipinski definition) is 1. The van der Waals surface area contributed by atoms with Gasteiger partial charge in [0.15, 0.2) is 0 Å². The van der Waals surface area contributed by atoms with E-state index in [0.717, 1.165) is 43.0 Å². The number of nitrogen functional groups attached to an aromatic ring is 1. The smallest absolute Gasteiger partial charge is 0.0395 e. The van der Waals surface area contributed by atoms with Gasteiger partial charge < -0.3 is 15.5 Å². The lowest BCUT2D eigenvalue weighted by atomic mass is 10.0. The van der Waals surface area contributed by atoms with Crippen molar-refractivity contribution in [2.24, 2.45) is 0 Å². The number of hydrogen-bond acceptors (Lipinski definition) is 4. The second-order valence-electron chi connectivity index (χ2n) is 5.30. The standard InChI is InChI=1S/C16H20N4/c1-19-7-9-20(10-8-19)14-4-5-16(17)15(11-14)13-3-2-6-18-12-13/h2-6,11-12H,7-10,17H2,1H3. The molecule has 1 aromatic carbocycles. The van der Waals surface area contributed by atoms with Gasteiger partial charge in [-0.05, 0) is 31.3 Å². The van der Waals surface area contributed by atoms with Gasteiger partial charge in [0, 0.05) is 61.1 Å². The van der Waals surface area contributed by atoms with Crippen LogP contribution >= 0.6 is 0 Å². The summed E-state index contributed by atoms with van der Waals surface area (Å²) in [5.41, 5.74) is 10.3. The van der Waals surface area contributed by atoms with E-state index in [4.69, 9.17) is 5.73 Å². The monoisotopic (exact) mass is 268 g/mol. The molecule has 0 unspecified atom stereocenters. The fourth-order valence-corrected chi connectivity index (χ4v) is 2.58. The van der Waals surface area contributed by atoms with Crippen molar-refractivity contribution >= 4 is 11.4 Å². The Bertz CT molecular complexity index is 574. The first-order chi connectivity index (χ1) is 9.74. The number of benzene rings is 1. The maximum Gasteiger partial charge on any atom is 0.0395 e. The predicted molar refractivity (Wildman–Crippen MR) is 83.8 cm³/mol. The van der Waals surface area contributed by atoms with E-state index in [2.05, 4.69) is 34.0 Å². The minimum atomic E-state index is 0.802. The molecule has 1 saturated heterocycles. The minimum absolute atomic E-state index is 0.802. The maximum absolute atomic E-state index is 6.12. The number of piperazine rings is 1. The molecule has 0 spiro atoms. The molecule has 3 rings (SSSR count). The Morgan fingerprint density at radius 3 is 2.60 bits per heavy atom. The van der Waals surface area contributed by atoms with Crippen molar-refractivity contribution in [3.8, 4) is 11.1 Å². The van der Waals surface area contributed by atoms with Gasteiger partial charge in [-0.15, -0.1) is 0 Å². The summed E-state index contributed by atoms with van der Waals surface area (Å²) in [5, 5.41) is 0. The van der Waals surface area contributed by atoms with E-state index in [9.17, 15) is 0 Å². The molecule has 4 nitrogen and oxygen atoms in total. The van der Waals surface area contributed by atoms with Crippen LogP contribution in [0.15, 0.2) is 42.7 Å². The van der Waals surface area contributed by atoms with E-state index in [1.807, 2.05) is 24.4 Å². The molecule has 1 aliphatic rings. The summed E-state index contributed by atoms with van der Waals surface area (Å²) >= 11 is 0. The van der Waals surface area contributed by atoms with Gasteiger partial charge in [0.25, 0.3) is 0 Å². The van der Waals surface area contributed by atoms with Crippen molar-refractivity contribution in [1.82, 2.24) is 9.88 Å². The number of rotatable bonds is 2. The summed E-state index contributed by atoms with van der Waals surface area (Å²) < 4.78 is 0. The van der Waals surface area contributed by atoms with Crippen LogP contribution in [0.2, 0.25) is 0 Å². The van der Waals surface area contributed by atoms with Gasteiger partial charge in [0.05, 0.1) is 0 Å². The van der Waals surface area contributed by atoms with Crippen molar-refractivity contribution < 1.29 is 0 Å². The maximum atomic E-state index is 6.12. The van der Waals surface area contributed by atoms with Crippen LogP contribution in [-0.4, -0.2) is 43.1 Å². The Hall–Kier alpha value is -2.07. The molecule has 0 radical (unpaired) electrons. The lowest BCUT2D eigenvalue weighted by Crippen LogP contribution is -2.44. The van der Waals surface area contributed by atoms with Crippen LogP contribution in [0.5, 0.6) is 0 Å². The van der Waals surface area contributed by atoms with Crippen molar-refractivity contribution in [3.63, 3.8) is 0 Å². The summed E-state index contributed by atoms with van der Waals surface area (Å²) in [7, 11) is 2.17. The molecule has 1 aromatic heterocycles. The highest BCUT2D eigenvalue weighted by Gasteiger charge is 2.15. The molecule has 2 heterocycles. The number of anilines is 2. The summed E-state index contributed by atoms with van der Waals surface area (Å²) in [5.74, 6) is 0. The van der Waals surface area contributed by atoms with Crippen molar-refractivity contribution in [1.29, 1.82) is 0 Å². The van der Waals surface area contributed by atoms with Gasteiger partial charge in [0.2, 0.25) is 0 Å². The Kier molecular flexibility index (Phi) is 3.56. The fourth-order valence-electron chi connectivity index (χ4n) is 2.58. The minimum Gasteiger partial charge on any atom is -0.398 e. The SMILES string of the molecule is CN1CCN(c2ccc(N)c(-c3cccnc3)c2)CC1. The van der Waals surface area contributed by atoms with Crippen molar-refractivity contribution in [3.05, 3.63) is 42.7 Å². The molecular weight excluding hydrogens is 248 g/mol. The van der Waals surface area contributed by atoms with Gasteiger partial charge in [-0.25, -0.2) is 0 Å². The molecule has 1 fully saturated rings. The predicted octanol–water partition coefficient (Wildman–Crippen LogP) is 2.08. The molecule has 0 bridgehead atoms. The molecule has 20 heavy (non-hydrogen) atoms. The Morgan fingerprint density at radius 2 is 1.90 bits per heavy atom. The highest BCUT2D eigenvalue weighted by atomic mass is 15.2. The normalized spacial score (nSPS) is 16.4. The number of pyridine rings is 1. The van der Waals surface area contributed by atoms with Gasteiger partial charge in [-0.2, -0.15) is 0 Å². The van der Waals surface area contributed by atoms with Crippen LogP contribution in [0.3, 0.4) is 0 Å². The summed E-state index contributed by atoms with van der Waals surface area (Å²) in [6, 6.07) is 10.3. The Balaban J connectivity index is 1.91. The highest BCUT2D eigenvalue weighted by molar-refractivity contribution is 5.79. The lowest BCUT2D eigenvalue weighted by molar-refractivity contribution is 0.313. The first-order valence-corrected chi connectivity index (χ1v) is 6.97. The van der Waals surface area contributed by atoms with Crippen LogP contribution in [0, 0.1) is 0 Å². The second kappa shape index (κ2) is 5.51. The molecule has 104 valence electrons. The molecule has 1 aliphatic heterocycles. The summed E-state index contributed by atoms with van der Waals surface area (Å²) in [4.78, 5) is 8.95.